The average molecular weight is 299 g/mol. The van der Waals surface area contributed by atoms with E-state index in [1.165, 1.54) is 8.42 Å². The molecule has 0 atom stereocenters. The SMILES string of the molecule is OCC1(CO)CSc2sc(=S)sc2SC1. The summed E-state index contributed by atoms with van der Waals surface area (Å²) in [4.78, 5) is 0. The molecule has 0 saturated carbocycles. The molecular formula is C8H10O2S5. The number of hydrogen-bond donors (Lipinski definition) is 2. The zero-order valence-corrected chi connectivity index (χ0v) is 11.8. The lowest BCUT2D eigenvalue weighted by molar-refractivity contribution is 0.0935. The summed E-state index contributed by atoms with van der Waals surface area (Å²) in [6, 6.07) is 0. The minimum Gasteiger partial charge on any atom is -0.396 e. The van der Waals surface area contributed by atoms with Crippen LogP contribution >= 0.6 is 58.4 Å². The highest BCUT2D eigenvalue weighted by molar-refractivity contribution is 8.05. The molecule has 1 aromatic rings. The fourth-order valence-corrected chi connectivity index (χ4v) is 7.75. The van der Waals surface area contributed by atoms with Gasteiger partial charge in [0, 0.05) is 16.9 Å². The summed E-state index contributed by atoms with van der Waals surface area (Å²) in [6.45, 7) is 0.0910. The maximum Gasteiger partial charge on any atom is 0.145 e. The van der Waals surface area contributed by atoms with Crippen LogP contribution in [0.25, 0.3) is 0 Å². The standard InChI is InChI=1S/C8H10O2S5/c9-1-8(2-10)3-12-5-6(13-4-8)15-7(11)14-5/h9-10H,1-4H2. The quantitative estimate of drug-likeness (QED) is 0.822. The molecule has 1 aliphatic heterocycles. The molecule has 0 amide bonds. The van der Waals surface area contributed by atoms with Crippen LogP contribution in [0.5, 0.6) is 0 Å². The Balaban J connectivity index is 2.22. The van der Waals surface area contributed by atoms with Gasteiger partial charge in [-0.15, -0.1) is 46.2 Å². The van der Waals surface area contributed by atoms with Crippen molar-refractivity contribution in [1.82, 2.24) is 0 Å². The average Bonchev–Trinajstić information content (AvgIpc) is 2.52. The molecule has 1 aliphatic rings. The summed E-state index contributed by atoms with van der Waals surface area (Å²) in [5.41, 5.74) is -0.345. The number of aliphatic hydroxyl groups excluding tert-OH is 2. The summed E-state index contributed by atoms with van der Waals surface area (Å²) < 4.78 is 3.46. The molecule has 0 aromatic carbocycles. The smallest absolute Gasteiger partial charge is 0.145 e. The molecule has 2 heterocycles. The van der Waals surface area contributed by atoms with Crippen LogP contribution in [0.4, 0.5) is 0 Å². The first-order valence-corrected chi connectivity index (χ1v) is 8.32. The number of thioether (sulfide) groups is 2. The van der Waals surface area contributed by atoms with Crippen molar-refractivity contribution in [2.75, 3.05) is 24.7 Å². The maximum atomic E-state index is 9.34. The fraction of sp³-hybridized carbons (Fsp3) is 0.625. The first-order valence-electron chi connectivity index (χ1n) is 4.30. The van der Waals surface area contributed by atoms with Gasteiger partial charge >= 0.3 is 0 Å². The van der Waals surface area contributed by atoms with Crippen LogP contribution in [0, 0.1) is 8.55 Å². The van der Waals surface area contributed by atoms with E-state index in [0.717, 1.165) is 14.6 Å². The van der Waals surface area contributed by atoms with Crippen molar-refractivity contribution in [3.63, 3.8) is 0 Å². The molecule has 15 heavy (non-hydrogen) atoms. The number of fused-ring (bicyclic) bond motifs is 1. The Hall–Kier alpha value is 0.890. The molecule has 0 aliphatic carbocycles. The Morgan fingerprint density at radius 2 is 1.53 bits per heavy atom. The summed E-state index contributed by atoms with van der Waals surface area (Å²) >= 11 is 11.8. The maximum absolute atomic E-state index is 9.34. The van der Waals surface area contributed by atoms with Gasteiger partial charge in [-0.25, -0.2) is 0 Å². The highest BCUT2D eigenvalue weighted by Crippen LogP contribution is 2.47. The van der Waals surface area contributed by atoms with E-state index in [4.69, 9.17) is 12.2 Å². The second kappa shape index (κ2) is 5.03. The van der Waals surface area contributed by atoms with Gasteiger partial charge in [-0.05, 0) is 0 Å². The van der Waals surface area contributed by atoms with E-state index >= 15 is 0 Å². The number of rotatable bonds is 2. The van der Waals surface area contributed by atoms with Crippen molar-refractivity contribution in [2.24, 2.45) is 5.41 Å². The van der Waals surface area contributed by atoms with E-state index < -0.39 is 0 Å². The van der Waals surface area contributed by atoms with E-state index in [-0.39, 0.29) is 18.6 Å². The van der Waals surface area contributed by atoms with Gasteiger partial charge in [0.15, 0.2) is 0 Å². The van der Waals surface area contributed by atoms with Crippen LogP contribution in [0.1, 0.15) is 0 Å². The minimum atomic E-state index is -0.345. The Morgan fingerprint density at radius 3 is 1.93 bits per heavy atom. The second-order valence-corrected chi connectivity index (χ2v) is 9.14. The first-order chi connectivity index (χ1) is 7.19. The second-order valence-electron chi connectivity index (χ2n) is 3.42. The zero-order chi connectivity index (χ0) is 10.9. The third-order valence-electron chi connectivity index (χ3n) is 2.21. The molecule has 2 N–H and O–H groups in total. The Morgan fingerprint density at radius 1 is 1.07 bits per heavy atom. The van der Waals surface area contributed by atoms with Crippen LogP contribution in [-0.2, 0) is 0 Å². The zero-order valence-electron chi connectivity index (χ0n) is 7.76. The van der Waals surface area contributed by atoms with Gasteiger partial charge in [0.05, 0.1) is 21.6 Å². The third kappa shape index (κ3) is 2.59. The molecule has 0 radical (unpaired) electrons. The lowest BCUT2D eigenvalue weighted by Gasteiger charge is -2.26. The summed E-state index contributed by atoms with van der Waals surface area (Å²) in [6.07, 6.45) is 0. The van der Waals surface area contributed by atoms with Gasteiger partial charge in [-0.1, -0.05) is 12.2 Å². The van der Waals surface area contributed by atoms with E-state index in [1.54, 1.807) is 46.2 Å². The van der Waals surface area contributed by atoms with Crippen molar-refractivity contribution in [1.29, 1.82) is 0 Å². The summed E-state index contributed by atoms with van der Waals surface area (Å²) in [5.74, 6) is 1.53. The van der Waals surface area contributed by atoms with Crippen molar-refractivity contribution >= 4 is 58.4 Å². The summed E-state index contributed by atoms with van der Waals surface area (Å²) in [7, 11) is 0. The Bertz CT molecular complexity index is 361. The molecule has 2 nitrogen and oxygen atoms in total. The highest BCUT2D eigenvalue weighted by atomic mass is 32.2. The predicted molar refractivity (Wildman–Crippen MR) is 71.1 cm³/mol. The Labute approximate surface area is 110 Å². The molecule has 84 valence electrons. The fourth-order valence-electron chi connectivity index (χ4n) is 1.14. The largest absolute Gasteiger partial charge is 0.396 e. The van der Waals surface area contributed by atoms with Gasteiger partial charge in [-0.2, -0.15) is 0 Å². The number of hydrogen-bond acceptors (Lipinski definition) is 7. The van der Waals surface area contributed by atoms with Crippen molar-refractivity contribution < 1.29 is 10.2 Å². The normalized spacial score (nSPS) is 19.6. The van der Waals surface area contributed by atoms with Crippen LogP contribution in [0.3, 0.4) is 0 Å². The highest BCUT2D eigenvalue weighted by Gasteiger charge is 2.33. The van der Waals surface area contributed by atoms with E-state index in [2.05, 4.69) is 0 Å². The van der Waals surface area contributed by atoms with Gasteiger partial charge < -0.3 is 10.2 Å². The van der Waals surface area contributed by atoms with Crippen LogP contribution in [0.15, 0.2) is 8.42 Å². The molecule has 0 fully saturated rings. The lowest BCUT2D eigenvalue weighted by Crippen LogP contribution is -2.34. The first kappa shape index (κ1) is 12.3. The Kier molecular flexibility index (Phi) is 4.14. The molecule has 0 bridgehead atoms. The lowest BCUT2D eigenvalue weighted by atomic mass is 9.96. The monoisotopic (exact) mass is 298 g/mol. The van der Waals surface area contributed by atoms with E-state index in [9.17, 15) is 10.2 Å². The van der Waals surface area contributed by atoms with E-state index in [1.807, 2.05) is 0 Å². The topological polar surface area (TPSA) is 40.5 Å². The molecule has 7 heteroatoms. The van der Waals surface area contributed by atoms with Crippen molar-refractivity contribution in [3.8, 4) is 0 Å². The van der Waals surface area contributed by atoms with Crippen LogP contribution in [-0.4, -0.2) is 34.9 Å². The van der Waals surface area contributed by atoms with E-state index in [0.29, 0.717) is 0 Å². The van der Waals surface area contributed by atoms with Gasteiger partial charge in [0.1, 0.15) is 3.14 Å². The number of aliphatic hydroxyl groups is 2. The third-order valence-corrected chi connectivity index (χ3v) is 8.49. The molecule has 2 rings (SSSR count). The van der Waals surface area contributed by atoms with Gasteiger partial charge in [-0.3, -0.25) is 0 Å². The molecule has 0 spiro atoms. The van der Waals surface area contributed by atoms with Crippen LogP contribution in [0.2, 0.25) is 0 Å². The minimum absolute atomic E-state index is 0.0455. The molecule has 1 aromatic heterocycles. The van der Waals surface area contributed by atoms with Gasteiger partial charge in [0.25, 0.3) is 0 Å². The summed E-state index contributed by atoms with van der Waals surface area (Å²) in [5, 5.41) is 18.7. The molecule has 0 unspecified atom stereocenters. The van der Waals surface area contributed by atoms with Crippen LogP contribution < -0.4 is 0 Å². The molecule has 0 saturated heterocycles. The van der Waals surface area contributed by atoms with Gasteiger partial charge in [0.2, 0.25) is 0 Å². The van der Waals surface area contributed by atoms with Crippen molar-refractivity contribution in [3.05, 3.63) is 3.14 Å². The van der Waals surface area contributed by atoms with Crippen molar-refractivity contribution in [2.45, 2.75) is 8.42 Å². The molecular weight excluding hydrogens is 288 g/mol. The predicted octanol–water partition coefficient (Wildman–Crippen LogP) is 2.71.